The number of rotatable bonds is 6. The van der Waals surface area contributed by atoms with Crippen LogP contribution in [0.15, 0.2) is 12.4 Å². The molecule has 12 heteroatoms. The summed E-state index contributed by atoms with van der Waals surface area (Å²) in [7, 11) is -4.89. The van der Waals surface area contributed by atoms with Crippen LogP contribution in [0.25, 0.3) is 5.52 Å². The van der Waals surface area contributed by atoms with Crippen LogP contribution in [0.2, 0.25) is 36.3 Å². The number of nitrogen functional groups attached to an aromatic ring is 1. The Morgan fingerprint density at radius 2 is 1.75 bits per heavy atom. The molecule has 1 aliphatic rings. The third-order valence-corrected chi connectivity index (χ3v) is 17.0. The molecule has 0 radical (unpaired) electrons. The van der Waals surface area contributed by atoms with Gasteiger partial charge in [0.2, 0.25) is 5.60 Å². The second kappa shape index (κ2) is 9.13. The van der Waals surface area contributed by atoms with Crippen LogP contribution in [-0.2, 0) is 13.6 Å². The lowest BCUT2D eigenvalue weighted by Crippen LogP contribution is -2.56. The Balaban J connectivity index is 2.11. The molecule has 3 heterocycles. The normalized spacial score (nSPS) is 25.9. The Hall–Kier alpha value is -1.92. The van der Waals surface area contributed by atoms with Crippen LogP contribution >= 0.6 is 0 Å². The molecule has 1 aliphatic heterocycles. The lowest BCUT2D eigenvalue weighted by molar-refractivity contribution is -0.0684. The summed E-state index contributed by atoms with van der Waals surface area (Å²) in [5.74, 6) is -0.781. The molecule has 1 saturated heterocycles. The summed E-state index contributed by atoms with van der Waals surface area (Å²) in [4.78, 5) is 3.83. The summed E-state index contributed by atoms with van der Waals surface area (Å²) >= 11 is 0. The lowest BCUT2D eigenvalue weighted by atomic mass is 9.97. The number of aromatic nitrogens is 3. The molecule has 4 atom stereocenters. The van der Waals surface area contributed by atoms with Gasteiger partial charge in [-0.3, -0.25) is 0 Å². The Labute approximate surface area is 214 Å². The molecule has 2 aromatic heterocycles. The lowest BCUT2D eigenvalue weighted by Gasteiger charge is -2.43. The fourth-order valence-electron chi connectivity index (χ4n) is 3.64. The van der Waals surface area contributed by atoms with E-state index < -0.39 is 46.4 Å². The van der Waals surface area contributed by atoms with Gasteiger partial charge in [-0.2, -0.15) is 10.4 Å². The molecular formula is C24H39F2N5O3Si2. The molecule has 200 valence electrons. The second-order valence-corrected chi connectivity index (χ2v) is 22.2. The molecule has 2 N–H and O–H groups in total. The van der Waals surface area contributed by atoms with E-state index in [1.54, 1.807) is 0 Å². The van der Waals surface area contributed by atoms with Crippen LogP contribution in [-0.4, -0.2) is 55.7 Å². The smallest absolute Gasteiger partial charge is 0.204 e. The first-order chi connectivity index (χ1) is 16.3. The average molecular weight is 540 g/mol. The number of hydrogen-bond acceptors (Lipinski definition) is 7. The number of nitriles is 1. The van der Waals surface area contributed by atoms with Crippen LogP contribution in [0.1, 0.15) is 53.3 Å². The SMILES string of the molecule is CC(C)(C)[Si](C)(C)OC[C@@]1(C#N)O[C@@H](c2cc(F)c3c(N)ncnn23)[C@H](F)[C@@H]1O[Si](C)(C)C(C)(C)C. The molecule has 0 aliphatic carbocycles. The highest BCUT2D eigenvalue weighted by Crippen LogP contribution is 2.49. The molecule has 0 saturated carbocycles. The van der Waals surface area contributed by atoms with Crippen molar-refractivity contribution in [1.29, 1.82) is 5.26 Å². The van der Waals surface area contributed by atoms with E-state index in [4.69, 9.17) is 19.3 Å². The van der Waals surface area contributed by atoms with Crippen LogP contribution < -0.4 is 5.73 Å². The van der Waals surface area contributed by atoms with E-state index in [-0.39, 0.29) is 33.7 Å². The third-order valence-electron chi connectivity index (χ3n) is 8.10. The zero-order valence-electron chi connectivity index (χ0n) is 22.9. The van der Waals surface area contributed by atoms with Gasteiger partial charge in [0, 0.05) is 6.07 Å². The van der Waals surface area contributed by atoms with E-state index in [0.717, 1.165) is 12.4 Å². The highest BCUT2D eigenvalue weighted by atomic mass is 28.4. The number of hydrogen-bond donors (Lipinski definition) is 1. The molecular weight excluding hydrogens is 500 g/mol. The zero-order chi connectivity index (χ0) is 27.5. The number of alkyl halides is 1. The minimum atomic E-state index is -2.56. The van der Waals surface area contributed by atoms with Crippen molar-refractivity contribution in [3.05, 3.63) is 23.9 Å². The number of fused-ring (bicyclic) bond motifs is 1. The Kier molecular flexibility index (Phi) is 7.26. The first kappa shape index (κ1) is 28.7. The van der Waals surface area contributed by atoms with Crippen LogP contribution in [0, 0.1) is 17.1 Å². The van der Waals surface area contributed by atoms with E-state index in [2.05, 4.69) is 50.0 Å². The standard InChI is InChI=1S/C24H39F2N5O3Si2/c1-22(2,3)35(7,8)32-13-24(12-27)20(34-36(9,10)23(4,5)6)17(26)19(33-24)16-11-15(25)18-21(28)29-14-30-31(16)18/h11,14,17,19-20H,13H2,1-10H3,(H2,28,29,30)/t17-,19-,20-,24+/m0/s1. The van der Waals surface area contributed by atoms with Gasteiger partial charge >= 0.3 is 0 Å². The van der Waals surface area contributed by atoms with E-state index in [1.165, 1.54) is 4.52 Å². The molecule has 0 bridgehead atoms. The van der Waals surface area contributed by atoms with E-state index in [1.807, 2.05) is 33.9 Å². The van der Waals surface area contributed by atoms with Gasteiger partial charge in [-0.15, -0.1) is 0 Å². The van der Waals surface area contributed by atoms with Crippen molar-refractivity contribution in [2.24, 2.45) is 0 Å². The van der Waals surface area contributed by atoms with Crippen molar-refractivity contribution >= 4 is 28.0 Å². The van der Waals surface area contributed by atoms with Crippen LogP contribution in [0.4, 0.5) is 14.6 Å². The minimum Gasteiger partial charge on any atom is -0.413 e. The number of ether oxygens (including phenoxy) is 1. The maximum absolute atomic E-state index is 16.4. The highest BCUT2D eigenvalue weighted by Gasteiger charge is 2.61. The summed E-state index contributed by atoms with van der Waals surface area (Å²) in [6.45, 7) is 20.3. The number of nitrogens with zero attached hydrogens (tertiary/aromatic N) is 4. The second-order valence-electron chi connectivity index (χ2n) is 12.7. The first-order valence-electron chi connectivity index (χ1n) is 12.1. The van der Waals surface area contributed by atoms with E-state index >= 15 is 4.39 Å². The van der Waals surface area contributed by atoms with Gasteiger partial charge < -0.3 is 19.3 Å². The zero-order valence-corrected chi connectivity index (χ0v) is 24.9. The fraction of sp³-hybridized carbons (Fsp3) is 0.708. The molecule has 1 fully saturated rings. The quantitative estimate of drug-likeness (QED) is 0.481. The summed E-state index contributed by atoms with van der Waals surface area (Å²) in [6.07, 6.45) is -3.19. The maximum Gasteiger partial charge on any atom is 0.204 e. The summed E-state index contributed by atoms with van der Waals surface area (Å²) in [6, 6.07) is 3.32. The predicted octanol–water partition coefficient (Wildman–Crippen LogP) is 5.53. The summed E-state index contributed by atoms with van der Waals surface area (Å²) < 4.78 is 51.5. The Bertz CT molecular complexity index is 1170. The first-order valence-corrected chi connectivity index (χ1v) is 17.9. The molecule has 0 aromatic carbocycles. The molecule has 3 rings (SSSR count). The maximum atomic E-state index is 16.4. The summed E-state index contributed by atoms with van der Waals surface area (Å²) in [5, 5.41) is 14.1. The Morgan fingerprint density at radius 1 is 1.17 bits per heavy atom. The molecule has 0 unspecified atom stereocenters. The van der Waals surface area contributed by atoms with Crippen LogP contribution in [0.5, 0.6) is 0 Å². The van der Waals surface area contributed by atoms with Crippen molar-refractivity contribution in [1.82, 2.24) is 14.6 Å². The van der Waals surface area contributed by atoms with Gasteiger partial charge in [0.05, 0.1) is 12.3 Å². The van der Waals surface area contributed by atoms with Crippen molar-refractivity contribution < 1.29 is 22.4 Å². The molecule has 2 aromatic rings. The topological polar surface area (TPSA) is 108 Å². The molecule has 36 heavy (non-hydrogen) atoms. The van der Waals surface area contributed by atoms with Crippen molar-refractivity contribution in [3.63, 3.8) is 0 Å². The van der Waals surface area contributed by atoms with Gasteiger partial charge in [0.1, 0.15) is 30.1 Å². The largest absolute Gasteiger partial charge is 0.413 e. The number of anilines is 1. The molecule has 0 spiro atoms. The molecule has 8 nitrogen and oxygen atoms in total. The van der Waals surface area contributed by atoms with Gasteiger partial charge in [-0.25, -0.2) is 18.3 Å². The third kappa shape index (κ3) is 4.83. The van der Waals surface area contributed by atoms with Gasteiger partial charge in [-0.05, 0) is 36.3 Å². The Morgan fingerprint density at radius 3 is 2.28 bits per heavy atom. The fourth-order valence-corrected chi connectivity index (χ4v) is 5.96. The minimum absolute atomic E-state index is 0.0721. The number of nitrogens with two attached hydrogens (primary N) is 1. The van der Waals surface area contributed by atoms with Crippen molar-refractivity contribution in [2.75, 3.05) is 12.3 Å². The highest BCUT2D eigenvalue weighted by molar-refractivity contribution is 6.74. The predicted molar refractivity (Wildman–Crippen MR) is 140 cm³/mol. The average Bonchev–Trinajstić information content (AvgIpc) is 3.21. The van der Waals surface area contributed by atoms with Crippen molar-refractivity contribution in [2.45, 2.75) is 102 Å². The summed E-state index contributed by atoms with van der Waals surface area (Å²) in [5.41, 5.74) is 4.13. The van der Waals surface area contributed by atoms with E-state index in [0.29, 0.717) is 0 Å². The monoisotopic (exact) mass is 539 g/mol. The van der Waals surface area contributed by atoms with Crippen LogP contribution in [0.3, 0.4) is 0 Å². The number of halogens is 2. The molecule has 0 amide bonds. The van der Waals surface area contributed by atoms with Gasteiger partial charge in [-0.1, -0.05) is 41.5 Å². The van der Waals surface area contributed by atoms with Crippen molar-refractivity contribution in [3.8, 4) is 6.07 Å². The van der Waals surface area contributed by atoms with Gasteiger partial charge in [0.25, 0.3) is 0 Å². The van der Waals surface area contributed by atoms with E-state index in [9.17, 15) is 9.65 Å². The van der Waals surface area contributed by atoms with Gasteiger partial charge in [0.15, 0.2) is 34.4 Å².